The number of hydrogen-bond acceptors (Lipinski definition) is 2. The van der Waals surface area contributed by atoms with E-state index in [4.69, 9.17) is 16.7 Å². The van der Waals surface area contributed by atoms with Crippen molar-refractivity contribution in [3.05, 3.63) is 34.6 Å². The third-order valence-corrected chi connectivity index (χ3v) is 2.85. The van der Waals surface area contributed by atoms with Gasteiger partial charge < -0.3 is 5.11 Å². The largest absolute Gasteiger partial charge is 0.481 e. The van der Waals surface area contributed by atoms with E-state index < -0.39 is 5.97 Å². The number of rotatable bonds is 3. The summed E-state index contributed by atoms with van der Waals surface area (Å²) < 4.78 is 13.0. The highest BCUT2D eigenvalue weighted by Crippen LogP contribution is 2.21. The average Bonchev–Trinajstić information content (AvgIpc) is 2.08. The molecular weight excluding hydrogens is 233 g/mol. The van der Waals surface area contributed by atoms with Crippen molar-refractivity contribution >= 4 is 17.6 Å². The minimum absolute atomic E-state index is 0.288. The van der Waals surface area contributed by atoms with Gasteiger partial charge in [0.05, 0.1) is 5.92 Å². The van der Waals surface area contributed by atoms with E-state index in [1.54, 1.807) is 6.07 Å². The number of nitrogens with zero attached hydrogens (tertiary/aromatic N) is 1. The van der Waals surface area contributed by atoms with Gasteiger partial charge in [-0.2, -0.15) is 0 Å². The molecule has 0 unspecified atom stereocenters. The zero-order valence-corrected chi connectivity index (χ0v) is 9.25. The molecule has 0 atom stereocenters. The highest BCUT2D eigenvalue weighted by molar-refractivity contribution is 6.30. The molecule has 3 nitrogen and oxygen atoms in total. The number of carboxylic acid groups (broad SMARTS) is 1. The van der Waals surface area contributed by atoms with Gasteiger partial charge in [-0.05, 0) is 23.8 Å². The van der Waals surface area contributed by atoms with Crippen LogP contribution in [0.25, 0.3) is 0 Å². The molecule has 1 aliphatic rings. The Balaban J connectivity index is 1.94. The summed E-state index contributed by atoms with van der Waals surface area (Å²) in [4.78, 5) is 12.5. The second-order valence-electron chi connectivity index (χ2n) is 4.01. The molecule has 0 radical (unpaired) electrons. The lowest BCUT2D eigenvalue weighted by Gasteiger charge is -2.36. The van der Waals surface area contributed by atoms with Crippen molar-refractivity contribution in [2.24, 2.45) is 5.92 Å². The monoisotopic (exact) mass is 243 g/mol. The molecule has 1 N–H and O–H groups in total. The molecule has 86 valence electrons. The van der Waals surface area contributed by atoms with Gasteiger partial charge in [0.25, 0.3) is 0 Å². The van der Waals surface area contributed by atoms with Crippen LogP contribution in [0.2, 0.25) is 5.02 Å². The maximum absolute atomic E-state index is 13.0. The van der Waals surface area contributed by atoms with Gasteiger partial charge in [0, 0.05) is 24.7 Å². The zero-order chi connectivity index (χ0) is 11.7. The van der Waals surface area contributed by atoms with E-state index in [9.17, 15) is 9.18 Å². The molecule has 0 bridgehead atoms. The van der Waals surface area contributed by atoms with Gasteiger partial charge in [0.1, 0.15) is 5.82 Å². The van der Waals surface area contributed by atoms with Crippen LogP contribution in [0.1, 0.15) is 5.56 Å². The van der Waals surface area contributed by atoms with Crippen LogP contribution < -0.4 is 0 Å². The Morgan fingerprint density at radius 1 is 1.50 bits per heavy atom. The standard InChI is InChI=1S/C11H11ClFNO2/c12-9-1-7(2-10(13)3-9)4-14-5-8(6-14)11(15)16/h1-3,8H,4-6H2,(H,15,16). The van der Waals surface area contributed by atoms with Gasteiger partial charge in [0.15, 0.2) is 0 Å². The summed E-state index contributed by atoms with van der Waals surface area (Å²) in [6, 6.07) is 4.36. The highest BCUT2D eigenvalue weighted by atomic mass is 35.5. The first-order chi connectivity index (χ1) is 7.54. The molecule has 1 aromatic carbocycles. The lowest BCUT2D eigenvalue weighted by molar-refractivity contribution is -0.147. The summed E-state index contributed by atoms with van der Waals surface area (Å²) in [7, 11) is 0. The fourth-order valence-corrected chi connectivity index (χ4v) is 2.06. The lowest BCUT2D eigenvalue weighted by atomic mass is 10.00. The van der Waals surface area contributed by atoms with Gasteiger partial charge in [-0.15, -0.1) is 0 Å². The van der Waals surface area contributed by atoms with Crippen molar-refractivity contribution in [2.45, 2.75) is 6.54 Å². The fourth-order valence-electron chi connectivity index (χ4n) is 1.82. The van der Waals surface area contributed by atoms with Crippen molar-refractivity contribution in [3.63, 3.8) is 0 Å². The first-order valence-electron chi connectivity index (χ1n) is 4.95. The number of likely N-dealkylation sites (tertiary alicyclic amines) is 1. The fraction of sp³-hybridized carbons (Fsp3) is 0.364. The molecular formula is C11H11ClFNO2. The molecule has 1 aromatic rings. The zero-order valence-electron chi connectivity index (χ0n) is 8.49. The van der Waals surface area contributed by atoms with E-state index >= 15 is 0 Å². The maximum atomic E-state index is 13.0. The number of carbonyl (C=O) groups is 1. The Morgan fingerprint density at radius 3 is 2.75 bits per heavy atom. The molecule has 5 heteroatoms. The summed E-state index contributed by atoms with van der Waals surface area (Å²) in [5, 5.41) is 9.06. The second-order valence-corrected chi connectivity index (χ2v) is 4.44. The van der Waals surface area contributed by atoms with E-state index in [0.717, 1.165) is 5.56 Å². The SMILES string of the molecule is O=C(O)C1CN(Cc2cc(F)cc(Cl)c2)C1. The molecule has 0 spiro atoms. The van der Waals surface area contributed by atoms with Crippen LogP contribution in [0.4, 0.5) is 4.39 Å². The molecule has 1 fully saturated rings. The normalized spacial score (nSPS) is 17.1. The maximum Gasteiger partial charge on any atom is 0.309 e. The van der Waals surface area contributed by atoms with Crippen molar-refractivity contribution < 1.29 is 14.3 Å². The minimum Gasteiger partial charge on any atom is -0.481 e. The van der Waals surface area contributed by atoms with Gasteiger partial charge in [0.2, 0.25) is 0 Å². The Hall–Kier alpha value is -1.13. The lowest BCUT2D eigenvalue weighted by Crippen LogP contribution is -2.49. The second kappa shape index (κ2) is 4.39. The van der Waals surface area contributed by atoms with Crippen LogP contribution in [0.3, 0.4) is 0 Å². The van der Waals surface area contributed by atoms with Crippen molar-refractivity contribution in [1.29, 1.82) is 0 Å². The van der Waals surface area contributed by atoms with E-state index in [1.165, 1.54) is 12.1 Å². The molecule has 1 saturated heterocycles. The summed E-state index contributed by atoms with van der Waals surface area (Å²) in [5.74, 6) is -1.42. The van der Waals surface area contributed by atoms with Crippen molar-refractivity contribution in [1.82, 2.24) is 4.90 Å². The van der Waals surface area contributed by atoms with Crippen LogP contribution in [-0.4, -0.2) is 29.1 Å². The molecule has 16 heavy (non-hydrogen) atoms. The molecule has 0 saturated carbocycles. The van der Waals surface area contributed by atoms with E-state index in [0.29, 0.717) is 24.7 Å². The van der Waals surface area contributed by atoms with Gasteiger partial charge in [-0.1, -0.05) is 11.6 Å². The smallest absolute Gasteiger partial charge is 0.309 e. The number of hydrogen-bond donors (Lipinski definition) is 1. The summed E-state index contributed by atoms with van der Waals surface area (Å²) in [5.41, 5.74) is 0.772. The van der Waals surface area contributed by atoms with Crippen LogP contribution >= 0.6 is 11.6 Å². The Bertz CT molecular complexity index is 398. The van der Waals surface area contributed by atoms with E-state index in [2.05, 4.69) is 0 Å². The van der Waals surface area contributed by atoms with Gasteiger partial charge in [-0.3, -0.25) is 9.69 Å². The molecule has 0 aliphatic carbocycles. The quantitative estimate of drug-likeness (QED) is 0.883. The highest BCUT2D eigenvalue weighted by Gasteiger charge is 2.32. The molecule has 0 amide bonds. The third-order valence-electron chi connectivity index (χ3n) is 2.63. The minimum atomic E-state index is -0.770. The van der Waals surface area contributed by atoms with Crippen molar-refractivity contribution in [3.8, 4) is 0 Å². The topological polar surface area (TPSA) is 40.5 Å². The Morgan fingerprint density at radius 2 is 2.19 bits per heavy atom. The van der Waals surface area contributed by atoms with E-state index in [-0.39, 0.29) is 11.7 Å². The molecule has 1 aliphatic heterocycles. The van der Waals surface area contributed by atoms with Gasteiger partial charge >= 0.3 is 5.97 Å². The van der Waals surface area contributed by atoms with Crippen LogP contribution in [0, 0.1) is 11.7 Å². The number of aliphatic carboxylic acids is 1. The van der Waals surface area contributed by atoms with E-state index in [1.807, 2.05) is 4.90 Å². The number of carboxylic acids is 1. The predicted molar refractivity (Wildman–Crippen MR) is 57.8 cm³/mol. The van der Waals surface area contributed by atoms with Gasteiger partial charge in [-0.25, -0.2) is 4.39 Å². The Labute approximate surface area is 97.4 Å². The summed E-state index contributed by atoms with van der Waals surface area (Å²) in [6.07, 6.45) is 0. The first-order valence-corrected chi connectivity index (χ1v) is 5.32. The predicted octanol–water partition coefficient (Wildman–Crippen LogP) is 2.00. The van der Waals surface area contributed by atoms with Crippen LogP contribution in [0.15, 0.2) is 18.2 Å². The first kappa shape index (κ1) is 11.4. The average molecular weight is 244 g/mol. The summed E-state index contributed by atoms with van der Waals surface area (Å²) in [6.45, 7) is 1.58. The Kier molecular flexibility index (Phi) is 3.12. The number of halogens is 2. The molecule has 0 aromatic heterocycles. The summed E-state index contributed by atoms with van der Waals surface area (Å²) >= 11 is 5.72. The number of benzene rings is 1. The van der Waals surface area contributed by atoms with Crippen molar-refractivity contribution in [2.75, 3.05) is 13.1 Å². The van der Waals surface area contributed by atoms with Crippen LogP contribution in [-0.2, 0) is 11.3 Å². The van der Waals surface area contributed by atoms with Crippen LogP contribution in [0.5, 0.6) is 0 Å². The molecule has 1 heterocycles. The third kappa shape index (κ3) is 2.51. The molecule has 2 rings (SSSR count).